The molecule has 21 heavy (non-hydrogen) atoms. The fraction of sp³-hybridized carbons (Fsp3) is 0.471. The van der Waals surface area contributed by atoms with Gasteiger partial charge in [0.25, 0.3) is 0 Å². The molecule has 0 atom stereocenters. The summed E-state index contributed by atoms with van der Waals surface area (Å²) in [7, 11) is 0. The van der Waals surface area contributed by atoms with E-state index < -0.39 is 0 Å². The van der Waals surface area contributed by atoms with E-state index in [0.29, 0.717) is 6.54 Å². The first-order valence-electron chi connectivity index (χ1n) is 7.56. The monoisotopic (exact) mass is 288 g/mol. The Morgan fingerprint density at radius 1 is 1.29 bits per heavy atom. The molecule has 0 saturated carbocycles. The van der Waals surface area contributed by atoms with Crippen molar-refractivity contribution >= 4 is 12.0 Å². The van der Waals surface area contributed by atoms with Gasteiger partial charge in [-0.25, -0.2) is 0 Å². The quantitative estimate of drug-likeness (QED) is 0.855. The average Bonchev–Trinajstić information content (AvgIpc) is 2.71. The number of amides is 1. The molecular weight excluding hydrogens is 264 g/mol. The van der Waals surface area contributed by atoms with Crippen molar-refractivity contribution in [1.29, 1.82) is 0 Å². The number of aliphatic hydroxyl groups is 1. The topological polar surface area (TPSA) is 43.8 Å². The number of carbonyl (C=O) groups excluding carboxylic acids is 1. The van der Waals surface area contributed by atoms with Crippen molar-refractivity contribution in [3.63, 3.8) is 0 Å². The Bertz CT molecular complexity index is 499. The van der Waals surface area contributed by atoms with E-state index >= 15 is 0 Å². The second kappa shape index (κ2) is 7.96. The summed E-state index contributed by atoms with van der Waals surface area (Å²) < 4.78 is 0. The van der Waals surface area contributed by atoms with E-state index in [1.54, 1.807) is 6.08 Å². The minimum absolute atomic E-state index is 0.0716. The van der Waals surface area contributed by atoms with E-state index in [-0.39, 0.29) is 12.5 Å². The van der Waals surface area contributed by atoms with Crippen LogP contribution < -0.4 is 0 Å². The molecule has 2 rings (SSSR count). The highest BCUT2D eigenvalue weighted by atomic mass is 16.3. The predicted molar refractivity (Wildman–Crippen MR) is 84.9 cm³/mol. The number of hydrogen-bond acceptors (Lipinski definition) is 3. The summed E-state index contributed by atoms with van der Waals surface area (Å²) in [6, 6.07) is 8.11. The van der Waals surface area contributed by atoms with Crippen LogP contribution in [0.5, 0.6) is 0 Å². The van der Waals surface area contributed by atoms with Crippen molar-refractivity contribution in [3.05, 3.63) is 41.5 Å². The Hall–Kier alpha value is -1.65. The molecule has 1 fully saturated rings. The minimum Gasteiger partial charge on any atom is -0.395 e. The summed E-state index contributed by atoms with van der Waals surface area (Å²) in [4.78, 5) is 16.3. The largest absolute Gasteiger partial charge is 0.395 e. The third-order valence-electron chi connectivity index (χ3n) is 3.78. The van der Waals surface area contributed by atoms with E-state index in [9.17, 15) is 4.79 Å². The van der Waals surface area contributed by atoms with Crippen LogP contribution in [-0.4, -0.2) is 60.1 Å². The summed E-state index contributed by atoms with van der Waals surface area (Å²) in [5, 5.41) is 8.98. The van der Waals surface area contributed by atoms with Gasteiger partial charge in [-0.15, -0.1) is 0 Å². The number of nitrogens with zero attached hydrogens (tertiary/aromatic N) is 2. The normalized spacial score (nSPS) is 17.1. The van der Waals surface area contributed by atoms with Crippen LogP contribution in [-0.2, 0) is 4.79 Å². The maximum absolute atomic E-state index is 12.2. The molecule has 4 heteroatoms. The van der Waals surface area contributed by atoms with Gasteiger partial charge in [0.15, 0.2) is 0 Å². The summed E-state index contributed by atoms with van der Waals surface area (Å²) in [6.07, 6.45) is 4.51. The molecule has 1 aromatic carbocycles. The predicted octanol–water partition coefficient (Wildman–Crippen LogP) is 1.53. The zero-order chi connectivity index (χ0) is 15.1. The van der Waals surface area contributed by atoms with Crippen molar-refractivity contribution in [2.45, 2.75) is 13.3 Å². The highest BCUT2D eigenvalue weighted by Gasteiger charge is 2.16. The summed E-state index contributed by atoms with van der Waals surface area (Å²) >= 11 is 0. The van der Waals surface area contributed by atoms with Crippen molar-refractivity contribution < 1.29 is 9.90 Å². The SMILES string of the molecule is Cc1cccc(C=CC(=O)N2CCCN(CCO)CC2)c1. The van der Waals surface area contributed by atoms with Gasteiger partial charge in [-0.1, -0.05) is 29.8 Å². The molecule has 1 aliphatic heterocycles. The van der Waals surface area contributed by atoms with Crippen LogP contribution >= 0.6 is 0 Å². The van der Waals surface area contributed by atoms with E-state index in [4.69, 9.17) is 5.11 Å². The molecule has 0 radical (unpaired) electrons. The Labute approximate surface area is 126 Å². The van der Waals surface area contributed by atoms with Gasteiger partial charge in [0.1, 0.15) is 0 Å². The van der Waals surface area contributed by atoms with Crippen LogP contribution in [0, 0.1) is 6.92 Å². The van der Waals surface area contributed by atoms with Crippen LogP contribution in [0.15, 0.2) is 30.3 Å². The van der Waals surface area contributed by atoms with Gasteiger partial charge in [-0.05, 0) is 31.5 Å². The highest BCUT2D eigenvalue weighted by molar-refractivity contribution is 5.91. The second-order valence-electron chi connectivity index (χ2n) is 5.49. The lowest BCUT2D eigenvalue weighted by molar-refractivity contribution is -0.125. The first-order valence-corrected chi connectivity index (χ1v) is 7.56. The molecule has 0 aromatic heterocycles. The zero-order valence-electron chi connectivity index (χ0n) is 12.7. The lowest BCUT2D eigenvalue weighted by atomic mass is 10.1. The van der Waals surface area contributed by atoms with Gasteiger partial charge in [-0.2, -0.15) is 0 Å². The smallest absolute Gasteiger partial charge is 0.246 e. The molecule has 1 amide bonds. The molecule has 1 N–H and O–H groups in total. The maximum atomic E-state index is 12.2. The molecule has 0 bridgehead atoms. The van der Waals surface area contributed by atoms with Crippen LogP contribution in [0.4, 0.5) is 0 Å². The van der Waals surface area contributed by atoms with Gasteiger partial charge in [0.2, 0.25) is 5.91 Å². The van der Waals surface area contributed by atoms with Crippen LogP contribution in [0.2, 0.25) is 0 Å². The van der Waals surface area contributed by atoms with E-state index in [2.05, 4.69) is 11.0 Å². The molecule has 0 aliphatic carbocycles. The maximum Gasteiger partial charge on any atom is 0.246 e. The van der Waals surface area contributed by atoms with Crippen molar-refractivity contribution in [1.82, 2.24) is 9.80 Å². The Morgan fingerprint density at radius 3 is 2.90 bits per heavy atom. The second-order valence-corrected chi connectivity index (χ2v) is 5.49. The highest BCUT2D eigenvalue weighted by Crippen LogP contribution is 2.08. The average molecular weight is 288 g/mol. The van der Waals surface area contributed by atoms with Gasteiger partial charge in [0, 0.05) is 32.3 Å². The minimum atomic E-state index is 0.0716. The number of carbonyl (C=O) groups is 1. The van der Waals surface area contributed by atoms with Crippen molar-refractivity contribution in [2.24, 2.45) is 0 Å². The van der Waals surface area contributed by atoms with E-state index in [1.165, 1.54) is 5.56 Å². The standard InChI is InChI=1S/C17H24N2O2/c1-15-4-2-5-16(14-15)6-7-17(21)19-9-3-8-18(10-11-19)12-13-20/h2,4-7,14,20H,3,8-13H2,1H3. The van der Waals surface area contributed by atoms with Gasteiger partial charge in [0.05, 0.1) is 6.61 Å². The van der Waals surface area contributed by atoms with Gasteiger partial charge in [-0.3, -0.25) is 9.69 Å². The number of rotatable bonds is 4. The first kappa shape index (κ1) is 15.7. The molecule has 4 nitrogen and oxygen atoms in total. The molecular formula is C17H24N2O2. The van der Waals surface area contributed by atoms with Crippen LogP contribution in [0.1, 0.15) is 17.5 Å². The van der Waals surface area contributed by atoms with Crippen molar-refractivity contribution in [3.8, 4) is 0 Å². The summed E-state index contributed by atoms with van der Waals surface area (Å²) in [5.74, 6) is 0.0716. The molecule has 114 valence electrons. The number of benzene rings is 1. The molecule has 0 unspecified atom stereocenters. The number of hydrogen-bond donors (Lipinski definition) is 1. The summed E-state index contributed by atoms with van der Waals surface area (Å²) in [6.45, 7) is 6.23. The van der Waals surface area contributed by atoms with Gasteiger partial charge < -0.3 is 10.0 Å². The number of aliphatic hydroxyl groups excluding tert-OH is 1. The molecule has 1 aromatic rings. The Kier molecular flexibility index (Phi) is 5.96. The number of β-amino-alcohol motifs (C(OH)–C–C–N with tert-alkyl or cyclic N) is 1. The van der Waals surface area contributed by atoms with E-state index in [0.717, 1.165) is 38.2 Å². The van der Waals surface area contributed by atoms with Crippen molar-refractivity contribution in [2.75, 3.05) is 39.3 Å². The summed E-state index contributed by atoms with van der Waals surface area (Å²) in [5.41, 5.74) is 2.25. The van der Waals surface area contributed by atoms with E-state index in [1.807, 2.05) is 36.1 Å². The molecule has 0 spiro atoms. The van der Waals surface area contributed by atoms with Crippen LogP contribution in [0.25, 0.3) is 6.08 Å². The third kappa shape index (κ3) is 4.99. The molecule has 1 aliphatic rings. The lowest BCUT2D eigenvalue weighted by Crippen LogP contribution is -2.35. The Balaban J connectivity index is 1.91. The molecule has 1 heterocycles. The van der Waals surface area contributed by atoms with Crippen LogP contribution in [0.3, 0.4) is 0 Å². The first-order chi connectivity index (χ1) is 10.2. The third-order valence-corrected chi connectivity index (χ3v) is 3.78. The zero-order valence-corrected chi connectivity index (χ0v) is 12.7. The van der Waals surface area contributed by atoms with Gasteiger partial charge >= 0.3 is 0 Å². The molecule has 1 saturated heterocycles. The lowest BCUT2D eigenvalue weighted by Gasteiger charge is -2.20. The Morgan fingerprint density at radius 2 is 2.14 bits per heavy atom. The number of aryl methyl sites for hydroxylation is 1. The fourth-order valence-electron chi connectivity index (χ4n) is 2.60. The fourth-order valence-corrected chi connectivity index (χ4v) is 2.60.